The van der Waals surface area contributed by atoms with Crippen molar-refractivity contribution >= 4 is 25.2 Å². The fourth-order valence-electron chi connectivity index (χ4n) is 4.62. The monoisotopic (exact) mass is 537 g/mol. The van der Waals surface area contributed by atoms with E-state index in [1.54, 1.807) is 17.4 Å². The molecule has 0 radical (unpaired) electrons. The average molecular weight is 538 g/mol. The molecule has 38 heavy (non-hydrogen) atoms. The van der Waals surface area contributed by atoms with E-state index in [9.17, 15) is 4.79 Å². The summed E-state index contributed by atoms with van der Waals surface area (Å²) in [4.78, 5) is 27.1. The number of aromatic nitrogens is 5. The van der Waals surface area contributed by atoms with Gasteiger partial charge in [-0.2, -0.15) is 5.10 Å². The van der Waals surface area contributed by atoms with Gasteiger partial charge in [-0.3, -0.25) is 4.68 Å². The standard InChI is InChI=1S/C27H39N7O3Si/c1-26(2,3)37-25(35)32-12-9-27(10-13-32,18-28-4)34-17-21(16-31-34)23-22-8-11-33(24(22)30-19-29-23)20-36-14-15-38(5,6)7/h8,11,16-17,19H,9-10,12-15,18,20H2,1-3,5-7H3. The van der Waals surface area contributed by atoms with Crippen molar-refractivity contribution in [1.29, 1.82) is 0 Å². The van der Waals surface area contributed by atoms with E-state index < -0.39 is 19.2 Å². The van der Waals surface area contributed by atoms with Gasteiger partial charge in [0.1, 0.15) is 29.8 Å². The molecule has 4 rings (SSSR count). The number of hydrogen-bond donors (Lipinski definition) is 0. The van der Waals surface area contributed by atoms with Crippen molar-refractivity contribution in [2.24, 2.45) is 0 Å². The molecule has 204 valence electrons. The second kappa shape index (κ2) is 10.9. The van der Waals surface area contributed by atoms with Crippen LogP contribution in [-0.2, 0) is 21.7 Å². The molecule has 0 aliphatic carbocycles. The number of carbonyl (C=O) groups is 1. The van der Waals surface area contributed by atoms with Crippen LogP contribution in [0.5, 0.6) is 0 Å². The zero-order valence-corrected chi connectivity index (χ0v) is 24.4. The van der Waals surface area contributed by atoms with Crippen molar-refractivity contribution in [1.82, 2.24) is 29.2 Å². The van der Waals surface area contributed by atoms with Gasteiger partial charge < -0.3 is 23.8 Å². The van der Waals surface area contributed by atoms with Gasteiger partial charge in [0, 0.05) is 51.1 Å². The number of likely N-dealkylation sites (tertiary alicyclic amines) is 1. The van der Waals surface area contributed by atoms with Crippen LogP contribution in [0.4, 0.5) is 4.79 Å². The van der Waals surface area contributed by atoms with Gasteiger partial charge in [0.05, 0.1) is 11.9 Å². The van der Waals surface area contributed by atoms with E-state index in [0.29, 0.717) is 39.2 Å². The van der Waals surface area contributed by atoms with Gasteiger partial charge in [-0.15, -0.1) is 0 Å². The molecule has 0 N–H and O–H groups in total. The predicted molar refractivity (Wildman–Crippen MR) is 149 cm³/mol. The van der Waals surface area contributed by atoms with Gasteiger partial charge in [0.2, 0.25) is 6.54 Å². The molecule has 0 unspecified atom stereocenters. The first-order valence-corrected chi connectivity index (χ1v) is 16.9. The van der Waals surface area contributed by atoms with E-state index in [4.69, 9.17) is 16.0 Å². The van der Waals surface area contributed by atoms with Crippen LogP contribution < -0.4 is 0 Å². The molecule has 0 bridgehead atoms. The summed E-state index contributed by atoms with van der Waals surface area (Å²) >= 11 is 0. The summed E-state index contributed by atoms with van der Waals surface area (Å²) in [5.41, 5.74) is 1.46. The first kappa shape index (κ1) is 27.8. The summed E-state index contributed by atoms with van der Waals surface area (Å²) in [6.45, 7) is 22.7. The molecule has 11 heteroatoms. The van der Waals surface area contributed by atoms with Crippen LogP contribution in [0, 0.1) is 6.57 Å². The first-order valence-electron chi connectivity index (χ1n) is 13.2. The second-order valence-electron chi connectivity index (χ2n) is 12.3. The van der Waals surface area contributed by atoms with Crippen LogP contribution in [0.25, 0.3) is 27.1 Å². The van der Waals surface area contributed by atoms with Gasteiger partial charge in [-0.1, -0.05) is 19.6 Å². The quantitative estimate of drug-likeness (QED) is 0.221. The van der Waals surface area contributed by atoms with Crippen LogP contribution in [0.2, 0.25) is 25.7 Å². The van der Waals surface area contributed by atoms with Crippen LogP contribution in [0.3, 0.4) is 0 Å². The molecule has 1 saturated heterocycles. The van der Waals surface area contributed by atoms with Crippen molar-refractivity contribution in [3.8, 4) is 11.3 Å². The largest absolute Gasteiger partial charge is 0.444 e. The number of piperidine rings is 1. The fourth-order valence-corrected chi connectivity index (χ4v) is 5.38. The van der Waals surface area contributed by atoms with Gasteiger partial charge in [0.15, 0.2) is 0 Å². The van der Waals surface area contributed by atoms with Gasteiger partial charge in [0.25, 0.3) is 0 Å². The minimum Gasteiger partial charge on any atom is -0.444 e. The van der Waals surface area contributed by atoms with Gasteiger partial charge in [-0.25, -0.2) is 21.3 Å². The van der Waals surface area contributed by atoms with E-state index >= 15 is 0 Å². The molecule has 0 atom stereocenters. The van der Waals surface area contributed by atoms with Crippen molar-refractivity contribution in [2.75, 3.05) is 26.2 Å². The average Bonchev–Trinajstić information content (AvgIpc) is 3.49. The first-order chi connectivity index (χ1) is 17.9. The predicted octanol–water partition coefficient (Wildman–Crippen LogP) is 5.25. The summed E-state index contributed by atoms with van der Waals surface area (Å²) in [7, 11) is -1.14. The highest BCUT2D eigenvalue weighted by Gasteiger charge is 2.42. The zero-order valence-electron chi connectivity index (χ0n) is 23.4. The lowest BCUT2D eigenvalue weighted by Crippen LogP contribution is -2.50. The molecule has 0 aromatic carbocycles. The lowest BCUT2D eigenvalue weighted by Gasteiger charge is -2.39. The number of fused-ring (bicyclic) bond motifs is 1. The van der Waals surface area contributed by atoms with Crippen LogP contribution in [-0.4, -0.2) is 75.2 Å². The SMILES string of the molecule is [C-]#[N+]CC1(n2cc(-c3ncnc4c3ccn4COCC[Si](C)(C)C)cn2)CCN(C(=O)OC(C)(C)C)CC1. The maximum atomic E-state index is 12.6. The molecule has 4 heterocycles. The number of rotatable bonds is 8. The van der Waals surface area contributed by atoms with Gasteiger partial charge >= 0.3 is 6.09 Å². The smallest absolute Gasteiger partial charge is 0.410 e. The molecule has 1 fully saturated rings. The Balaban J connectivity index is 1.51. The number of amides is 1. The Morgan fingerprint density at radius 1 is 1.21 bits per heavy atom. The Morgan fingerprint density at radius 2 is 1.95 bits per heavy atom. The third-order valence-corrected chi connectivity index (χ3v) is 8.55. The summed E-state index contributed by atoms with van der Waals surface area (Å²) < 4.78 is 15.4. The number of hydrogen-bond acceptors (Lipinski definition) is 6. The van der Waals surface area contributed by atoms with Crippen molar-refractivity contribution < 1.29 is 14.3 Å². The highest BCUT2D eigenvalue weighted by molar-refractivity contribution is 6.76. The molecule has 0 spiro atoms. The van der Waals surface area contributed by atoms with E-state index in [1.165, 1.54) is 0 Å². The Morgan fingerprint density at radius 3 is 2.61 bits per heavy atom. The highest BCUT2D eigenvalue weighted by atomic mass is 28.3. The van der Waals surface area contributed by atoms with E-state index in [-0.39, 0.29) is 6.09 Å². The fraction of sp³-hybridized carbons (Fsp3) is 0.593. The lowest BCUT2D eigenvalue weighted by molar-refractivity contribution is 0.0117. The third-order valence-electron chi connectivity index (χ3n) is 6.84. The van der Waals surface area contributed by atoms with Crippen LogP contribution in [0.1, 0.15) is 33.6 Å². The van der Waals surface area contributed by atoms with E-state index in [0.717, 1.165) is 34.9 Å². The minimum atomic E-state index is -1.14. The van der Waals surface area contributed by atoms with Gasteiger partial charge in [-0.05, 0) is 45.7 Å². The molecule has 1 amide bonds. The lowest BCUT2D eigenvalue weighted by atomic mass is 9.87. The molecule has 10 nitrogen and oxygen atoms in total. The Labute approximate surface area is 225 Å². The molecule has 0 saturated carbocycles. The third kappa shape index (κ3) is 6.42. The topological polar surface area (TPSA) is 91.7 Å². The van der Waals surface area contributed by atoms with Crippen LogP contribution in [0.15, 0.2) is 31.0 Å². The summed E-state index contributed by atoms with van der Waals surface area (Å²) in [5, 5.41) is 5.61. The molecular formula is C27H39N7O3Si. The molecule has 3 aromatic heterocycles. The van der Waals surface area contributed by atoms with Crippen molar-refractivity contribution in [3.63, 3.8) is 0 Å². The number of carbonyl (C=O) groups excluding carboxylic acids is 1. The Hall–Kier alpha value is -3.23. The summed E-state index contributed by atoms with van der Waals surface area (Å²) in [6, 6.07) is 3.13. The second-order valence-corrected chi connectivity index (χ2v) is 17.9. The Kier molecular flexibility index (Phi) is 7.95. The molecule has 1 aliphatic heterocycles. The van der Waals surface area contributed by atoms with E-state index in [1.807, 2.05) is 48.5 Å². The Bertz CT molecular complexity index is 1300. The highest BCUT2D eigenvalue weighted by Crippen LogP contribution is 2.34. The van der Waals surface area contributed by atoms with Crippen LogP contribution >= 0.6 is 0 Å². The molecule has 1 aliphatic rings. The van der Waals surface area contributed by atoms with Crippen molar-refractivity contribution in [3.05, 3.63) is 42.4 Å². The maximum Gasteiger partial charge on any atom is 0.410 e. The normalized spacial score (nSPS) is 16.0. The minimum absolute atomic E-state index is 0.292. The maximum absolute atomic E-state index is 12.6. The van der Waals surface area contributed by atoms with E-state index in [2.05, 4.69) is 39.6 Å². The zero-order chi connectivity index (χ0) is 27.6. The molecular weight excluding hydrogens is 498 g/mol. The summed E-state index contributed by atoms with van der Waals surface area (Å²) in [5.74, 6) is 0. The van der Waals surface area contributed by atoms with Crippen molar-refractivity contribution in [2.45, 2.75) is 77.2 Å². The molecule has 3 aromatic rings. The summed E-state index contributed by atoms with van der Waals surface area (Å²) in [6.07, 6.45) is 8.26. The number of nitrogens with zero attached hydrogens (tertiary/aromatic N) is 7. The number of ether oxygens (including phenoxy) is 2.